The molecule has 0 saturated carbocycles. The van der Waals surface area contributed by atoms with Crippen LogP contribution in [0.4, 0.5) is 0 Å². The molecule has 3 aromatic rings. The normalized spacial score (nSPS) is 10.7. The zero-order valence-electron chi connectivity index (χ0n) is 17.4. The zero-order chi connectivity index (χ0) is 21.2. The summed E-state index contributed by atoms with van der Waals surface area (Å²) in [6.07, 6.45) is 10.5. The molecule has 4 heteroatoms. The summed E-state index contributed by atoms with van der Waals surface area (Å²) in [5.74, 6) is -0.0469. The number of pyridine rings is 1. The molecule has 0 unspecified atom stereocenters. The molecule has 0 aliphatic rings. The second-order valence-electron chi connectivity index (χ2n) is 7.50. The van der Waals surface area contributed by atoms with Gasteiger partial charge in [0.2, 0.25) is 0 Å². The number of esters is 1. The highest BCUT2D eigenvalue weighted by atomic mass is 35.5. The number of ether oxygens (including phenoxy) is 1. The number of carbonyl (C=O) groups is 1. The lowest BCUT2D eigenvalue weighted by Crippen LogP contribution is -2.08. The van der Waals surface area contributed by atoms with Crippen molar-refractivity contribution in [1.82, 2.24) is 4.98 Å². The van der Waals surface area contributed by atoms with Crippen LogP contribution in [0, 0.1) is 0 Å². The number of rotatable bonds is 10. The van der Waals surface area contributed by atoms with Gasteiger partial charge in [-0.05, 0) is 53.8 Å². The van der Waals surface area contributed by atoms with Gasteiger partial charge in [-0.2, -0.15) is 0 Å². The quantitative estimate of drug-likeness (QED) is 0.193. The van der Waals surface area contributed by atoms with Crippen LogP contribution in [0.2, 0.25) is 5.15 Å². The monoisotopic (exact) mass is 421 g/mol. The molecule has 2 aromatic carbocycles. The second-order valence-corrected chi connectivity index (χ2v) is 7.89. The maximum Gasteiger partial charge on any atom is 0.343 e. The number of carbonyl (C=O) groups excluding carboxylic acids is 1. The van der Waals surface area contributed by atoms with E-state index in [0.29, 0.717) is 16.5 Å². The fourth-order valence-corrected chi connectivity index (χ4v) is 3.47. The molecule has 0 amide bonds. The molecule has 1 aromatic heterocycles. The highest BCUT2D eigenvalue weighted by molar-refractivity contribution is 6.29. The van der Waals surface area contributed by atoms with Gasteiger partial charge in [-0.15, -0.1) is 0 Å². The Balaban J connectivity index is 1.52. The Morgan fingerprint density at radius 3 is 2.10 bits per heavy atom. The third-order valence-electron chi connectivity index (χ3n) is 5.14. The van der Waals surface area contributed by atoms with Gasteiger partial charge in [0.05, 0.1) is 11.8 Å². The van der Waals surface area contributed by atoms with Gasteiger partial charge in [0.1, 0.15) is 10.9 Å². The van der Waals surface area contributed by atoms with Gasteiger partial charge in [-0.3, -0.25) is 0 Å². The summed E-state index contributed by atoms with van der Waals surface area (Å²) in [6, 6.07) is 19.4. The van der Waals surface area contributed by atoms with Gasteiger partial charge >= 0.3 is 5.97 Å². The van der Waals surface area contributed by atoms with Crippen molar-refractivity contribution in [3.05, 3.63) is 83.1 Å². The van der Waals surface area contributed by atoms with E-state index >= 15 is 0 Å². The smallest absolute Gasteiger partial charge is 0.343 e. The van der Waals surface area contributed by atoms with Crippen LogP contribution in [0.15, 0.2) is 66.9 Å². The fraction of sp³-hybridized carbons (Fsp3) is 0.308. The van der Waals surface area contributed by atoms with Crippen LogP contribution in [0.1, 0.15) is 61.4 Å². The molecule has 0 N–H and O–H groups in total. The van der Waals surface area contributed by atoms with Gasteiger partial charge in [-0.1, -0.05) is 87.0 Å². The van der Waals surface area contributed by atoms with E-state index in [-0.39, 0.29) is 0 Å². The van der Waals surface area contributed by atoms with Crippen LogP contribution in [-0.2, 0) is 6.42 Å². The summed E-state index contributed by atoms with van der Waals surface area (Å²) in [7, 11) is 0. The van der Waals surface area contributed by atoms with Crippen LogP contribution in [0.3, 0.4) is 0 Å². The summed E-state index contributed by atoms with van der Waals surface area (Å²) in [5, 5.41) is 0.358. The third-order valence-corrected chi connectivity index (χ3v) is 5.36. The van der Waals surface area contributed by atoms with Crippen molar-refractivity contribution < 1.29 is 9.53 Å². The van der Waals surface area contributed by atoms with Crippen LogP contribution in [0.25, 0.3) is 11.1 Å². The van der Waals surface area contributed by atoms with E-state index in [1.807, 2.05) is 12.1 Å². The lowest BCUT2D eigenvalue weighted by molar-refractivity contribution is 0.0734. The minimum atomic E-state index is -0.417. The number of hydrogen-bond acceptors (Lipinski definition) is 3. The minimum absolute atomic E-state index is 0.358. The summed E-state index contributed by atoms with van der Waals surface area (Å²) in [6.45, 7) is 2.25. The topological polar surface area (TPSA) is 39.2 Å². The van der Waals surface area contributed by atoms with E-state index in [9.17, 15) is 4.79 Å². The summed E-state index contributed by atoms with van der Waals surface area (Å²) in [5.41, 5.74) is 4.09. The van der Waals surface area contributed by atoms with Crippen molar-refractivity contribution in [2.75, 3.05) is 0 Å². The molecule has 0 aliphatic heterocycles. The molecule has 0 fully saturated rings. The molecule has 0 radical (unpaired) electrons. The number of aromatic nitrogens is 1. The Morgan fingerprint density at radius 2 is 1.47 bits per heavy atom. The first-order valence-electron chi connectivity index (χ1n) is 10.7. The lowest BCUT2D eigenvalue weighted by Gasteiger charge is -2.07. The molecule has 0 saturated heterocycles. The fourth-order valence-electron chi connectivity index (χ4n) is 3.36. The first-order valence-corrected chi connectivity index (χ1v) is 11.1. The number of aryl methyl sites for hydroxylation is 1. The van der Waals surface area contributed by atoms with Crippen LogP contribution in [0.5, 0.6) is 5.75 Å². The van der Waals surface area contributed by atoms with Crippen molar-refractivity contribution in [3.63, 3.8) is 0 Å². The van der Waals surface area contributed by atoms with Crippen molar-refractivity contribution >= 4 is 17.6 Å². The summed E-state index contributed by atoms with van der Waals surface area (Å²) >= 11 is 5.75. The van der Waals surface area contributed by atoms with Crippen molar-refractivity contribution in [2.24, 2.45) is 0 Å². The predicted octanol–water partition coefficient (Wildman–Crippen LogP) is 7.52. The Hall–Kier alpha value is -2.65. The average Bonchev–Trinajstić information content (AvgIpc) is 2.78. The molecule has 1 heterocycles. The average molecular weight is 422 g/mol. The maximum absolute atomic E-state index is 12.3. The van der Waals surface area contributed by atoms with E-state index in [1.54, 1.807) is 24.3 Å². The molecule has 0 spiro atoms. The molecule has 0 atom stereocenters. The summed E-state index contributed by atoms with van der Waals surface area (Å²) < 4.78 is 5.32. The molecule has 3 nitrogen and oxygen atoms in total. The van der Waals surface area contributed by atoms with E-state index in [2.05, 4.69) is 36.2 Å². The first-order chi connectivity index (χ1) is 14.7. The van der Waals surface area contributed by atoms with Gasteiger partial charge in [0, 0.05) is 0 Å². The Kier molecular flexibility index (Phi) is 8.46. The van der Waals surface area contributed by atoms with Gasteiger partial charge < -0.3 is 4.74 Å². The van der Waals surface area contributed by atoms with E-state index in [0.717, 1.165) is 17.5 Å². The second kappa shape index (κ2) is 11.5. The van der Waals surface area contributed by atoms with Crippen molar-refractivity contribution in [1.29, 1.82) is 0 Å². The van der Waals surface area contributed by atoms with Crippen LogP contribution < -0.4 is 4.74 Å². The van der Waals surface area contributed by atoms with Crippen molar-refractivity contribution in [3.8, 4) is 16.9 Å². The molecule has 156 valence electrons. The molecular weight excluding hydrogens is 394 g/mol. The van der Waals surface area contributed by atoms with Crippen LogP contribution >= 0.6 is 11.6 Å². The molecule has 3 rings (SSSR count). The van der Waals surface area contributed by atoms with E-state index in [1.165, 1.54) is 50.3 Å². The first kappa shape index (κ1) is 22.0. The number of benzene rings is 2. The zero-order valence-corrected chi connectivity index (χ0v) is 18.2. The molecular formula is C26H28ClNO2. The van der Waals surface area contributed by atoms with E-state index < -0.39 is 5.97 Å². The largest absolute Gasteiger partial charge is 0.421 e. The highest BCUT2D eigenvalue weighted by Gasteiger charge is 2.09. The predicted molar refractivity (Wildman–Crippen MR) is 123 cm³/mol. The lowest BCUT2D eigenvalue weighted by atomic mass is 10.00. The third kappa shape index (κ3) is 6.70. The molecule has 0 aliphatic carbocycles. The van der Waals surface area contributed by atoms with Gasteiger partial charge in [-0.25, -0.2) is 9.78 Å². The summed E-state index contributed by atoms with van der Waals surface area (Å²) in [4.78, 5) is 16.2. The van der Waals surface area contributed by atoms with Gasteiger partial charge in [0.15, 0.2) is 0 Å². The standard InChI is InChI=1S/C26H28ClNO2/c1-2-3-4-5-6-7-8-20-9-11-21(12-10-20)22-13-15-23(16-14-22)26(29)30-24-17-18-25(27)28-19-24/h9-19H,2-8H2,1H3. The van der Waals surface area contributed by atoms with Gasteiger partial charge in [0.25, 0.3) is 0 Å². The number of nitrogens with zero attached hydrogens (tertiary/aromatic N) is 1. The number of unbranched alkanes of at least 4 members (excludes halogenated alkanes) is 5. The SMILES string of the molecule is CCCCCCCCc1ccc(-c2ccc(C(=O)Oc3ccc(Cl)nc3)cc2)cc1. The maximum atomic E-state index is 12.3. The van der Waals surface area contributed by atoms with Crippen molar-refractivity contribution in [2.45, 2.75) is 51.9 Å². The Labute approximate surface area is 184 Å². The number of halogens is 1. The molecule has 0 bridgehead atoms. The Morgan fingerprint density at radius 1 is 0.833 bits per heavy atom. The molecule has 30 heavy (non-hydrogen) atoms. The number of hydrogen-bond donors (Lipinski definition) is 0. The Bertz CT molecular complexity index is 919. The minimum Gasteiger partial charge on any atom is -0.421 e. The van der Waals surface area contributed by atoms with E-state index in [4.69, 9.17) is 16.3 Å². The van der Waals surface area contributed by atoms with Crippen LogP contribution in [-0.4, -0.2) is 11.0 Å². The highest BCUT2D eigenvalue weighted by Crippen LogP contribution is 2.22.